The lowest BCUT2D eigenvalue weighted by Crippen LogP contribution is -2.43. The molecule has 2 aromatic carbocycles. The third-order valence-electron chi connectivity index (χ3n) is 4.62. The van der Waals surface area contributed by atoms with Gasteiger partial charge in [-0.15, -0.1) is 0 Å². The molecule has 27 heavy (non-hydrogen) atoms. The summed E-state index contributed by atoms with van der Waals surface area (Å²) in [7, 11) is 0. The second-order valence-corrected chi connectivity index (χ2v) is 6.99. The topological polar surface area (TPSA) is 68.2 Å². The zero-order valence-corrected chi connectivity index (χ0v) is 15.7. The van der Waals surface area contributed by atoms with E-state index in [-0.39, 0.29) is 11.1 Å². The van der Waals surface area contributed by atoms with Crippen LogP contribution in [0, 0.1) is 24.1 Å². The van der Waals surface area contributed by atoms with Gasteiger partial charge in [-0.3, -0.25) is 9.69 Å². The van der Waals surface area contributed by atoms with E-state index in [1.807, 2.05) is 19.1 Å². The fourth-order valence-electron chi connectivity index (χ4n) is 3.12. The predicted molar refractivity (Wildman–Crippen MR) is 103 cm³/mol. The maximum absolute atomic E-state index is 13.6. The van der Waals surface area contributed by atoms with Crippen molar-refractivity contribution in [2.45, 2.75) is 13.5 Å². The van der Waals surface area contributed by atoms with Gasteiger partial charge in [0.05, 0.1) is 11.6 Å². The van der Waals surface area contributed by atoms with E-state index in [9.17, 15) is 9.18 Å². The van der Waals surface area contributed by atoms with Crippen LogP contribution in [0.4, 0.5) is 10.1 Å². The Morgan fingerprint density at radius 3 is 2.74 bits per heavy atom. The van der Waals surface area contributed by atoms with Gasteiger partial charge in [0.2, 0.25) is 0 Å². The van der Waals surface area contributed by atoms with Crippen molar-refractivity contribution in [1.29, 1.82) is 5.26 Å². The van der Waals surface area contributed by atoms with Crippen molar-refractivity contribution in [1.82, 2.24) is 10.2 Å². The van der Waals surface area contributed by atoms with Gasteiger partial charge in [-0.25, -0.2) is 4.39 Å². The standard InChI is InChI=1S/C20H20ClFN4O/c1-13-16(12-26-4-2-24-3-5-26)8-17(21)10-19(13)25-20(27)15-6-14(11-23)7-18(22)9-15/h6-10,24H,2-5,12H2,1H3,(H,25,27). The molecule has 3 rings (SSSR count). The molecule has 1 aliphatic rings. The summed E-state index contributed by atoms with van der Waals surface area (Å²) in [5.41, 5.74) is 2.73. The van der Waals surface area contributed by atoms with Crippen molar-refractivity contribution in [3.63, 3.8) is 0 Å². The molecule has 5 nitrogen and oxygen atoms in total. The number of nitrogens with one attached hydrogen (secondary N) is 2. The number of anilines is 1. The van der Waals surface area contributed by atoms with Gasteiger partial charge in [0.1, 0.15) is 5.82 Å². The number of rotatable bonds is 4. The maximum Gasteiger partial charge on any atom is 0.255 e. The highest BCUT2D eigenvalue weighted by atomic mass is 35.5. The molecular weight excluding hydrogens is 367 g/mol. The number of hydrogen-bond acceptors (Lipinski definition) is 4. The molecule has 140 valence electrons. The van der Waals surface area contributed by atoms with Crippen LogP contribution in [-0.2, 0) is 6.54 Å². The monoisotopic (exact) mass is 386 g/mol. The van der Waals surface area contributed by atoms with E-state index < -0.39 is 11.7 Å². The molecule has 2 N–H and O–H groups in total. The fourth-order valence-corrected chi connectivity index (χ4v) is 3.36. The van der Waals surface area contributed by atoms with Crippen LogP contribution >= 0.6 is 11.6 Å². The first-order valence-corrected chi connectivity index (χ1v) is 9.08. The molecule has 2 aromatic rings. The van der Waals surface area contributed by atoms with Crippen LogP contribution in [0.25, 0.3) is 0 Å². The first-order chi connectivity index (χ1) is 13.0. The van der Waals surface area contributed by atoms with E-state index in [2.05, 4.69) is 15.5 Å². The van der Waals surface area contributed by atoms with Gasteiger partial charge in [-0.05, 0) is 48.4 Å². The Morgan fingerprint density at radius 1 is 1.30 bits per heavy atom. The third kappa shape index (κ3) is 4.83. The Kier molecular flexibility index (Phi) is 6.07. The first-order valence-electron chi connectivity index (χ1n) is 8.70. The summed E-state index contributed by atoms with van der Waals surface area (Å²) >= 11 is 6.26. The lowest BCUT2D eigenvalue weighted by atomic mass is 10.0. The van der Waals surface area contributed by atoms with E-state index in [0.29, 0.717) is 10.7 Å². The zero-order chi connectivity index (χ0) is 19.4. The van der Waals surface area contributed by atoms with Crippen LogP contribution in [0.1, 0.15) is 27.0 Å². The Balaban J connectivity index is 1.83. The second-order valence-electron chi connectivity index (χ2n) is 6.56. The molecule has 1 amide bonds. The van der Waals surface area contributed by atoms with E-state index in [1.54, 1.807) is 6.07 Å². The van der Waals surface area contributed by atoms with Gasteiger partial charge < -0.3 is 10.6 Å². The normalized spacial score (nSPS) is 14.6. The number of carbonyl (C=O) groups is 1. The summed E-state index contributed by atoms with van der Waals surface area (Å²) in [4.78, 5) is 14.9. The minimum absolute atomic E-state index is 0.0922. The van der Waals surface area contributed by atoms with E-state index in [4.69, 9.17) is 16.9 Å². The highest BCUT2D eigenvalue weighted by molar-refractivity contribution is 6.31. The summed E-state index contributed by atoms with van der Waals surface area (Å²) in [6.07, 6.45) is 0. The molecule has 1 saturated heterocycles. The Hall–Kier alpha value is -2.46. The van der Waals surface area contributed by atoms with Crippen molar-refractivity contribution in [3.05, 3.63) is 63.4 Å². The van der Waals surface area contributed by atoms with Crippen molar-refractivity contribution < 1.29 is 9.18 Å². The summed E-state index contributed by atoms with van der Waals surface area (Å²) in [6.45, 7) is 6.47. The lowest BCUT2D eigenvalue weighted by molar-refractivity contribution is 0.102. The van der Waals surface area contributed by atoms with Crippen molar-refractivity contribution in [2.75, 3.05) is 31.5 Å². The van der Waals surface area contributed by atoms with E-state index in [0.717, 1.165) is 56.0 Å². The number of halogens is 2. The number of nitrogens with zero attached hydrogens (tertiary/aromatic N) is 2. The van der Waals surface area contributed by atoms with E-state index >= 15 is 0 Å². The first kappa shape index (κ1) is 19.3. The van der Waals surface area contributed by atoms with Crippen LogP contribution in [0.3, 0.4) is 0 Å². The average molecular weight is 387 g/mol. The number of benzene rings is 2. The highest BCUT2D eigenvalue weighted by Crippen LogP contribution is 2.27. The molecule has 0 spiro atoms. The molecule has 0 radical (unpaired) electrons. The number of amides is 1. The zero-order valence-electron chi connectivity index (χ0n) is 15.0. The average Bonchev–Trinajstić information content (AvgIpc) is 2.65. The van der Waals surface area contributed by atoms with Crippen molar-refractivity contribution in [2.24, 2.45) is 0 Å². The van der Waals surface area contributed by atoms with Crippen molar-refractivity contribution in [3.8, 4) is 6.07 Å². The molecule has 0 atom stereocenters. The molecular formula is C20H20ClFN4O. The van der Waals surface area contributed by atoms with Crippen LogP contribution in [0.5, 0.6) is 0 Å². The summed E-state index contributed by atoms with van der Waals surface area (Å²) in [5.74, 6) is -1.11. The molecule has 1 aliphatic heterocycles. The molecule has 1 fully saturated rings. The predicted octanol–water partition coefficient (Wildman–Crippen LogP) is 3.32. The Morgan fingerprint density at radius 2 is 2.04 bits per heavy atom. The third-order valence-corrected chi connectivity index (χ3v) is 4.84. The van der Waals surface area contributed by atoms with E-state index in [1.165, 1.54) is 6.07 Å². The van der Waals surface area contributed by atoms with Crippen LogP contribution in [-0.4, -0.2) is 37.0 Å². The van der Waals surface area contributed by atoms with Gasteiger partial charge in [0.15, 0.2) is 0 Å². The van der Waals surface area contributed by atoms with Crippen LogP contribution < -0.4 is 10.6 Å². The number of carbonyl (C=O) groups excluding carboxylic acids is 1. The molecule has 0 aliphatic carbocycles. The van der Waals surface area contributed by atoms with Gasteiger partial charge in [0, 0.05) is 49.0 Å². The highest BCUT2D eigenvalue weighted by Gasteiger charge is 2.16. The summed E-state index contributed by atoms with van der Waals surface area (Å²) < 4.78 is 13.6. The maximum atomic E-state index is 13.6. The SMILES string of the molecule is Cc1c(CN2CCNCC2)cc(Cl)cc1NC(=O)c1cc(F)cc(C#N)c1. The number of hydrogen-bond donors (Lipinski definition) is 2. The quantitative estimate of drug-likeness (QED) is 0.845. The van der Waals surface area contributed by atoms with Crippen LogP contribution in [0.15, 0.2) is 30.3 Å². The molecule has 0 bridgehead atoms. The number of piperazine rings is 1. The largest absolute Gasteiger partial charge is 0.322 e. The minimum atomic E-state index is -0.624. The lowest BCUT2D eigenvalue weighted by Gasteiger charge is -2.28. The fraction of sp³-hybridized carbons (Fsp3) is 0.300. The summed E-state index contributed by atoms with van der Waals surface area (Å²) in [5, 5.41) is 15.6. The molecule has 0 saturated carbocycles. The smallest absolute Gasteiger partial charge is 0.255 e. The van der Waals surface area contributed by atoms with Gasteiger partial charge in [-0.2, -0.15) is 5.26 Å². The van der Waals surface area contributed by atoms with Gasteiger partial charge >= 0.3 is 0 Å². The van der Waals surface area contributed by atoms with Crippen molar-refractivity contribution >= 4 is 23.2 Å². The Labute approximate surface area is 162 Å². The van der Waals surface area contributed by atoms with Crippen LogP contribution in [0.2, 0.25) is 5.02 Å². The Bertz CT molecular complexity index is 904. The second kappa shape index (κ2) is 8.49. The molecule has 7 heteroatoms. The number of nitriles is 1. The molecule has 0 aromatic heterocycles. The summed E-state index contributed by atoms with van der Waals surface area (Å²) in [6, 6.07) is 9.00. The minimum Gasteiger partial charge on any atom is -0.322 e. The molecule has 1 heterocycles. The molecule has 0 unspecified atom stereocenters. The van der Waals surface area contributed by atoms with Gasteiger partial charge in [0.25, 0.3) is 5.91 Å². The van der Waals surface area contributed by atoms with Gasteiger partial charge in [-0.1, -0.05) is 11.6 Å².